The number of halogens is 1. The van der Waals surface area contributed by atoms with Crippen molar-refractivity contribution in [2.45, 2.75) is 0 Å². The Morgan fingerprint density at radius 2 is 2.42 bits per heavy atom. The van der Waals surface area contributed by atoms with Gasteiger partial charge in [0.05, 0.1) is 6.33 Å². The summed E-state index contributed by atoms with van der Waals surface area (Å²) in [6.45, 7) is 0. The molecule has 0 radical (unpaired) electrons. The Morgan fingerprint density at radius 3 is 3.08 bits per heavy atom. The Labute approximate surface area is 65.9 Å². The predicted octanol–water partition coefficient (Wildman–Crippen LogP) is -0.204. The highest BCUT2D eigenvalue weighted by atomic mass is 19.1. The minimum Gasteiger partial charge on any atom is -0.312 e. The Balaban J connectivity index is 3.09. The van der Waals surface area contributed by atoms with Crippen LogP contribution >= 0.6 is 0 Å². The van der Waals surface area contributed by atoms with Crippen molar-refractivity contribution in [1.29, 1.82) is 0 Å². The molecule has 0 amide bonds. The van der Waals surface area contributed by atoms with Crippen molar-refractivity contribution in [2.24, 2.45) is 7.05 Å². The smallest absolute Gasteiger partial charge is 0.264 e. The summed E-state index contributed by atoms with van der Waals surface area (Å²) in [5.41, 5.74) is -0.262. The number of rotatable bonds is 0. The second-order valence-corrected chi connectivity index (χ2v) is 2.34. The van der Waals surface area contributed by atoms with E-state index >= 15 is 0 Å². The molecule has 0 atom stereocenters. The van der Waals surface area contributed by atoms with Crippen molar-refractivity contribution < 1.29 is 4.39 Å². The standard InChI is InChI=1S/C6H5FN4O/c1-11-5-3(4(7)10-11)6(12)9-2-8-5/h2H,1H3,(H,8,9,12). The van der Waals surface area contributed by atoms with Gasteiger partial charge in [-0.15, -0.1) is 5.10 Å². The number of hydrogen-bond donors (Lipinski definition) is 1. The van der Waals surface area contributed by atoms with Gasteiger partial charge in [0.2, 0.25) is 5.95 Å². The molecule has 0 saturated heterocycles. The second kappa shape index (κ2) is 2.13. The number of fused-ring (bicyclic) bond motifs is 1. The highest BCUT2D eigenvalue weighted by molar-refractivity contribution is 5.73. The largest absolute Gasteiger partial charge is 0.312 e. The second-order valence-electron chi connectivity index (χ2n) is 2.34. The molecule has 0 spiro atoms. The Morgan fingerprint density at radius 1 is 1.67 bits per heavy atom. The topological polar surface area (TPSA) is 63.6 Å². The summed E-state index contributed by atoms with van der Waals surface area (Å²) in [5.74, 6) is -0.790. The molecule has 0 aliphatic carbocycles. The van der Waals surface area contributed by atoms with Crippen molar-refractivity contribution in [3.8, 4) is 0 Å². The molecule has 5 nitrogen and oxygen atoms in total. The lowest BCUT2D eigenvalue weighted by molar-refractivity contribution is 0.561. The molecule has 62 valence electrons. The van der Waals surface area contributed by atoms with Gasteiger partial charge in [0.15, 0.2) is 5.65 Å². The van der Waals surface area contributed by atoms with Crippen LogP contribution in [0, 0.1) is 5.95 Å². The zero-order valence-electron chi connectivity index (χ0n) is 6.21. The number of hydrogen-bond acceptors (Lipinski definition) is 3. The van der Waals surface area contributed by atoms with Crippen molar-refractivity contribution >= 4 is 11.0 Å². The molecule has 2 aromatic heterocycles. The molecule has 0 fully saturated rings. The summed E-state index contributed by atoms with van der Waals surface area (Å²) in [5, 5.41) is 3.32. The summed E-state index contributed by atoms with van der Waals surface area (Å²) >= 11 is 0. The molecule has 0 aliphatic heterocycles. The van der Waals surface area contributed by atoms with Crippen LogP contribution in [0.3, 0.4) is 0 Å². The molecule has 0 bridgehead atoms. The van der Waals surface area contributed by atoms with Crippen LogP contribution in [0.15, 0.2) is 11.1 Å². The minimum atomic E-state index is -0.790. The molecule has 0 saturated carbocycles. The van der Waals surface area contributed by atoms with Crippen molar-refractivity contribution in [3.63, 3.8) is 0 Å². The van der Waals surface area contributed by atoms with E-state index in [1.807, 2.05) is 0 Å². The fourth-order valence-corrected chi connectivity index (χ4v) is 1.05. The van der Waals surface area contributed by atoms with Crippen LogP contribution in [0.1, 0.15) is 0 Å². The van der Waals surface area contributed by atoms with E-state index in [1.165, 1.54) is 18.1 Å². The van der Waals surface area contributed by atoms with Gasteiger partial charge in [0, 0.05) is 7.05 Å². The van der Waals surface area contributed by atoms with Gasteiger partial charge < -0.3 is 4.98 Å². The lowest BCUT2D eigenvalue weighted by Crippen LogP contribution is -2.06. The molecule has 0 unspecified atom stereocenters. The molecule has 1 N–H and O–H groups in total. The van der Waals surface area contributed by atoms with Gasteiger partial charge in [0.1, 0.15) is 5.39 Å². The number of aromatic amines is 1. The number of aryl methyl sites for hydroxylation is 1. The fourth-order valence-electron chi connectivity index (χ4n) is 1.05. The number of aromatic nitrogens is 4. The molecule has 0 aliphatic rings. The first-order valence-corrected chi connectivity index (χ1v) is 3.26. The summed E-state index contributed by atoms with van der Waals surface area (Å²) in [4.78, 5) is 17.1. The number of nitrogens with one attached hydrogen (secondary N) is 1. The van der Waals surface area contributed by atoms with Gasteiger partial charge in [-0.1, -0.05) is 0 Å². The molecular weight excluding hydrogens is 163 g/mol. The average Bonchev–Trinajstić information content (AvgIpc) is 2.29. The van der Waals surface area contributed by atoms with Crippen LogP contribution in [0.2, 0.25) is 0 Å². The third-order valence-corrected chi connectivity index (χ3v) is 1.58. The van der Waals surface area contributed by atoms with E-state index in [0.717, 1.165) is 0 Å². The van der Waals surface area contributed by atoms with Crippen molar-refractivity contribution in [2.75, 3.05) is 0 Å². The summed E-state index contributed by atoms with van der Waals surface area (Å²) in [6.07, 6.45) is 1.21. The van der Waals surface area contributed by atoms with Gasteiger partial charge >= 0.3 is 0 Å². The molecule has 2 heterocycles. The van der Waals surface area contributed by atoms with Crippen LogP contribution in [0.25, 0.3) is 11.0 Å². The zero-order valence-corrected chi connectivity index (χ0v) is 6.21. The van der Waals surface area contributed by atoms with E-state index in [0.29, 0.717) is 0 Å². The van der Waals surface area contributed by atoms with E-state index in [2.05, 4.69) is 15.1 Å². The van der Waals surface area contributed by atoms with Gasteiger partial charge in [-0.05, 0) is 0 Å². The Hall–Kier alpha value is -1.72. The van der Waals surface area contributed by atoms with E-state index in [-0.39, 0.29) is 11.0 Å². The number of H-pyrrole nitrogens is 1. The average molecular weight is 168 g/mol. The molecule has 12 heavy (non-hydrogen) atoms. The van der Waals surface area contributed by atoms with Crippen LogP contribution in [-0.2, 0) is 7.05 Å². The predicted molar refractivity (Wildman–Crippen MR) is 39.1 cm³/mol. The monoisotopic (exact) mass is 168 g/mol. The highest BCUT2D eigenvalue weighted by Gasteiger charge is 2.11. The summed E-state index contributed by atoms with van der Waals surface area (Å²) in [6, 6.07) is 0. The third kappa shape index (κ3) is 0.744. The number of nitrogens with zero attached hydrogens (tertiary/aromatic N) is 3. The van der Waals surface area contributed by atoms with Crippen LogP contribution in [0.5, 0.6) is 0 Å². The normalized spacial score (nSPS) is 10.8. The maximum atomic E-state index is 12.9. The first-order valence-electron chi connectivity index (χ1n) is 3.26. The minimum absolute atomic E-state index is 0.0972. The maximum Gasteiger partial charge on any atom is 0.264 e. The first kappa shape index (κ1) is 6.96. The first-order chi connectivity index (χ1) is 5.70. The lowest BCUT2D eigenvalue weighted by Gasteiger charge is -1.88. The zero-order chi connectivity index (χ0) is 8.72. The van der Waals surface area contributed by atoms with Gasteiger partial charge in [-0.2, -0.15) is 4.39 Å². The van der Waals surface area contributed by atoms with Crippen molar-refractivity contribution in [3.05, 3.63) is 22.6 Å². The van der Waals surface area contributed by atoms with Gasteiger partial charge in [-0.25, -0.2) is 9.67 Å². The molecule has 2 aromatic rings. The van der Waals surface area contributed by atoms with Gasteiger partial charge in [-0.3, -0.25) is 4.79 Å². The van der Waals surface area contributed by atoms with Crippen LogP contribution in [-0.4, -0.2) is 19.7 Å². The highest BCUT2D eigenvalue weighted by Crippen LogP contribution is 2.07. The molecule has 2 rings (SSSR count). The lowest BCUT2D eigenvalue weighted by atomic mass is 10.4. The maximum absolute atomic E-state index is 12.9. The Bertz CT molecular complexity index is 486. The summed E-state index contributed by atoms with van der Waals surface area (Å²) in [7, 11) is 1.53. The van der Waals surface area contributed by atoms with Gasteiger partial charge in [0.25, 0.3) is 5.56 Å². The molecule has 6 heteroatoms. The molecule has 0 aromatic carbocycles. The Kier molecular flexibility index (Phi) is 1.24. The third-order valence-electron chi connectivity index (χ3n) is 1.58. The SMILES string of the molecule is Cn1nc(F)c2c(=O)[nH]cnc21. The quantitative estimate of drug-likeness (QED) is 0.592. The van der Waals surface area contributed by atoms with Crippen LogP contribution < -0.4 is 5.56 Å². The molecular formula is C6H5FN4O. The fraction of sp³-hybridized carbons (Fsp3) is 0.167. The van der Waals surface area contributed by atoms with E-state index in [1.54, 1.807) is 0 Å². The summed E-state index contributed by atoms with van der Waals surface area (Å²) < 4.78 is 14.1. The van der Waals surface area contributed by atoms with E-state index in [9.17, 15) is 9.18 Å². The van der Waals surface area contributed by atoms with Crippen LogP contribution in [0.4, 0.5) is 4.39 Å². The van der Waals surface area contributed by atoms with E-state index < -0.39 is 11.5 Å². The van der Waals surface area contributed by atoms with E-state index in [4.69, 9.17) is 0 Å². The van der Waals surface area contributed by atoms with Crippen molar-refractivity contribution in [1.82, 2.24) is 19.7 Å².